The summed E-state index contributed by atoms with van der Waals surface area (Å²) < 4.78 is 5.37. The largest absolute Gasteiger partial charge is 0.733 e. The Morgan fingerprint density at radius 2 is 2.27 bits per heavy atom. The van der Waals surface area contributed by atoms with Crippen molar-refractivity contribution in [3.63, 3.8) is 0 Å². The van der Waals surface area contributed by atoms with Gasteiger partial charge in [-0.05, 0) is 34.7 Å². The fourth-order valence-corrected chi connectivity index (χ4v) is 1.70. The van der Waals surface area contributed by atoms with E-state index in [-0.39, 0.29) is 22.2 Å². The number of carbonyl (C=O) groups is 1. The van der Waals surface area contributed by atoms with Crippen molar-refractivity contribution >= 4 is 34.2 Å². The van der Waals surface area contributed by atoms with Gasteiger partial charge in [0.2, 0.25) is 0 Å². The minimum absolute atomic E-state index is 0.0443. The van der Waals surface area contributed by atoms with Crippen molar-refractivity contribution < 1.29 is 14.7 Å². The molecule has 0 aliphatic carbocycles. The van der Waals surface area contributed by atoms with Gasteiger partial charge < -0.3 is 20.9 Å². The number of amides is 1. The topological polar surface area (TPSA) is 98.8 Å². The molecule has 3 N–H and O–H groups in total. The summed E-state index contributed by atoms with van der Waals surface area (Å²) in [5, 5.41) is 19.1. The molecule has 82 valence electrons. The van der Waals surface area contributed by atoms with E-state index in [1.165, 1.54) is 19.2 Å². The van der Waals surface area contributed by atoms with Crippen LogP contribution in [0.15, 0.2) is 12.1 Å². The fourth-order valence-electron chi connectivity index (χ4n) is 1.05. The molecule has 1 amide bonds. The zero-order chi connectivity index (χ0) is 11.6. The highest BCUT2D eigenvalue weighted by Crippen LogP contribution is 2.29. The van der Waals surface area contributed by atoms with Gasteiger partial charge in [-0.3, -0.25) is 10.0 Å². The summed E-state index contributed by atoms with van der Waals surface area (Å²) in [5.41, 5.74) is 5.08. The van der Waals surface area contributed by atoms with Crippen LogP contribution in [0.4, 0.5) is 5.69 Å². The molecule has 1 rings (SSSR count). The second-order valence-electron chi connectivity index (χ2n) is 2.64. The number of anilines is 1. The van der Waals surface area contributed by atoms with Crippen LogP contribution in [0.25, 0.3) is 0 Å². The Hall–Kier alpha value is -1.06. The van der Waals surface area contributed by atoms with Gasteiger partial charge in [-0.2, -0.15) is 0 Å². The fraction of sp³-hybridized carbons (Fsp3) is 0.125. The van der Waals surface area contributed by atoms with Gasteiger partial charge in [0.05, 0.1) is 18.4 Å². The molecule has 0 radical (unpaired) electrons. The van der Waals surface area contributed by atoms with E-state index >= 15 is 0 Å². The lowest BCUT2D eigenvalue weighted by Gasteiger charge is -2.24. The number of benzene rings is 1. The zero-order valence-corrected chi connectivity index (χ0v) is 9.89. The molecule has 0 aliphatic rings. The van der Waals surface area contributed by atoms with Crippen molar-refractivity contribution in [2.45, 2.75) is 0 Å². The monoisotopic (exact) mass is 323 g/mol. The van der Waals surface area contributed by atoms with E-state index in [1.54, 1.807) is 0 Å². The van der Waals surface area contributed by atoms with Gasteiger partial charge in [0, 0.05) is 3.57 Å². The second-order valence-corrected chi connectivity index (χ2v) is 3.80. The van der Waals surface area contributed by atoms with Crippen LogP contribution in [0.5, 0.6) is 5.75 Å². The summed E-state index contributed by atoms with van der Waals surface area (Å²) in [6, 6.07) is 2.62. The molecule has 0 fully saturated rings. The molecule has 0 unspecified atom stereocenters. The highest BCUT2D eigenvalue weighted by atomic mass is 127. The third kappa shape index (κ3) is 2.49. The Labute approximate surface area is 99.3 Å². The Balaban J connectivity index is 3.37. The number of halogens is 1. The summed E-state index contributed by atoms with van der Waals surface area (Å²) in [6.07, 6.45) is 0. The summed E-state index contributed by atoms with van der Waals surface area (Å²) in [7, 11) is 1.38. The van der Waals surface area contributed by atoms with Gasteiger partial charge in [-0.1, -0.05) is 0 Å². The Bertz CT molecular complexity index is 394. The van der Waals surface area contributed by atoms with E-state index in [0.717, 1.165) is 0 Å². The zero-order valence-electron chi connectivity index (χ0n) is 7.73. The number of nitrogens with zero attached hydrogens (tertiary/aromatic N) is 1. The predicted molar refractivity (Wildman–Crippen MR) is 61.9 cm³/mol. The molecule has 0 bridgehead atoms. The standard InChI is InChI=1S/C8H8IN2O4/c1-15-7-3-5(9)6(11(13)14)2-4(7)8(10)12/h2-3,13H,1H3,(H2,10,12)/q-1. The normalized spacial score (nSPS) is 9.87. The first kappa shape index (κ1) is 12.0. The lowest BCUT2D eigenvalue weighted by molar-refractivity contribution is 0.0997. The van der Waals surface area contributed by atoms with Crippen molar-refractivity contribution in [2.24, 2.45) is 5.73 Å². The average Bonchev–Trinajstić information content (AvgIpc) is 2.16. The summed E-state index contributed by atoms with van der Waals surface area (Å²) >= 11 is 1.83. The molecule has 1 aromatic carbocycles. The van der Waals surface area contributed by atoms with Gasteiger partial charge in [-0.25, -0.2) is 0 Å². The van der Waals surface area contributed by atoms with Crippen molar-refractivity contribution in [3.8, 4) is 5.75 Å². The minimum Gasteiger partial charge on any atom is -0.733 e. The van der Waals surface area contributed by atoms with E-state index in [1.807, 2.05) is 22.6 Å². The highest BCUT2D eigenvalue weighted by Gasteiger charge is 2.13. The van der Waals surface area contributed by atoms with Crippen molar-refractivity contribution in [3.05, 3.63) is 26.5 Å². The Kier molecular flexibility index (Phi) is 3.72. The van der Waals surface area contributed by atoms with Gasteiger partial charge in [-0.15, -0.1) is 0 Å². The molecule has 6 nitrogen and oxygen atoms in total. The van der Waals surface area contributed by atoms with E-state index in [4.69, 9.17) is 15.7 Å². The first-order valence-corrected chi connectivity index (χ1v) is 4.88. The minimum atomic E-state index is -0.730. The van der Waals surface area contributed by atoms with Crippen LogP contribution < -0.4 is 15.7 Å². The maximum Gasteiger partial charge on any atom is 0.252 e. The number of nitrogens with two attached hydrogens (primary N) is 1. The van der Waals surface area contributed by atoms with Gasteiger partial charge in [0.25, 0.3) is 5.91 Å². The lowest BCUT2D eigenvalue weighted by atomic mass is 10.1. The van der Waals surface area contributed by atoms with Gasteiger partial charge in [0.15, 0.2) is 0 Å². The molecule has 0 heterocycles. The molecule has 1 aromatic rings. The number of hydrogen-bond acceptors (Lipinski definition) is 5. The molecule has 0 spiro atoms. The van der Waals surface area contributed by atoms with Crippen LogP contribution in [0.2, 0.25) is 0 Å². The van der Waals surface area contributed by atoms with Crippen LogP contribution in [-0.2, 0) is 0 Å². The van der Waals surface area contributed by atoms with Crippen LogP contribution in [0, 0.1) is 8.78 Å². The quantitative estimate of drug-likeness (QED) is 0.641. The van der Waals surface area contributed by atoms with Crippen LogP contribution in [-0.4, -0.2) is 18.2 Å². The van der Waals surface area contributed by atoms with Crippen molar-refractivity contribution in [2.75, 3.05) is 12.3 Å². The van der Waals surface area contributed by atoms with E-state index in [9.17, 15) is 10.0 Å². The van der Waals surface area contributed by atoms with E-state index in [0.29, 0.717) is 3.57 Å². The van der Waals surface area contributed by atoms with Crippen LogP contribution >= 0.6 is 22.6 Å². The molecular weight excluding hydrogens is 315 g/mol. The van der Waals surface area contributed by atoms with Crippen LogP contribution in [0.3, 0.4) is 0 Å². The SMILES string of the molecule is COc1cc(I)c(N([O-])O)cc1C(N)=O. The first-order valence-electron chi connectivity index (χ1n) is 3.81. The summed E-state index contributed by atoms with van der Waals surface area (Å²) in [5.74, 6) is -0.469. The lowest BCUT2D eigenvalue weighted by Crippen LogP contribution is -2.15. The number of rotatable bonds is 3. The molecule has 0 saturated heterocycles. The van der Waals surface area contributed by atoms with E-state index < -0.39 is 5.91 Å². The van der Waals surface area contributed by atoms with Gasteiger partial charge in [0.1, 0.15) is 5.75 Å². The molecule has 15 heavy (non-hydrogen) atoms. The van der Waals surface area contributed by atoms with Crippen molar-refractivity contribution in [1.29, 1.82) is 0 Å². The second kappa shape index (κ2) is 4.64. The van der Waals surface area contributed by atoms with E-state index in [2.05, 4.69) is 0 Å². The molecule has 0 atom stereocenters. The number of primary amides is 1. The predicted octanol–water partition coefficient (Wildman–Crippen LogP) is 1.09. The van der Waals surface area contributed by atoms with Gasteiger partial charge >= 0.3 is 0 Å². The van der Waals surface area contributed by atoms with Crippen molar-refractivity contribution in [1.82, 2.24) is 0 Å². The average molecular weight is 323 g/mol. The smallest absolute Gasteiger partial charge is 0.252 e. The molecular formula is C8H8IN2O4-. The Morgan fingerprint density at radius 1 is 1.67 bits per heavy atom. The maximum atomic E-state index is 11.0. The summed E-state index contributed by atoms with van der Waals surface area (Å²) in [6.45, 7) is 0. The summed E-state index contributed by atoms with van der Waals surface area (Å²) in [4.78, 5) is 11.0. The number of ether oxygens (including phenoxy) is 1. The molecule has 0 aliphatic heterocycles. The molecule has 0 aromatic heterocycles. The first-order chi connectivity index (χ1) is 6.97. The third-order valence-electron chi connectivity index (χ3n) is 1.74. The Morgan fingerprint density at radius 3 is 2.67 bits per heavy atom. The third-order valence-corrected chi connectivity index (χ3v) is 2.60. The molecule has 0 saturated carbocycles. The van der Waals surface area contributed by atoms with Crippen LogP contribution in [0.1, 0.15) is 10.4 Å². The molecule has 7 heteroatoms. The number of hydrogen-bond donors (Lipinski definition) is 2. The highest BCUT2D eigenvalue weighted by molar-refractivity contribution is 14.1. The number of carbonyl (C=O) groups excluding carboxylic acids is 1. The maximum absolute atomic E-state index is 11.0. The number of methoxy groups -OCH3 is 1.